The highest BCUT2D eigenvalue weighted by Gasteiger charge is 2.13. The molecule has 0 aromatic rings. The van der Waals surface area contributed by atoms with Crippen molar-refractivity contribution < 1.29 is 0 Å². The summed E-state index contributed by atoms with van der Waals surface area (Å²) in [4.78, 5) is 4.44. The Bertz CT molecular complexity index is 188. The van der Waals surface area contributed by atoms with Gasteiger partial charge in [-0.15, -0.1) is 0 Å². The lowest BCUT2D eigenvalue weighted by atomic mass is 10.3. The van der Waals surface area contributed by atoms with Crippen molar-refractivity contribution in [2.24, 2.45) is 4.99 Å². The number of hydrogen-bond acceptors (Lipinski definition) is 1. The molecule has 0 rings (SSSR count). The Balaban J connectivity index is 4.55. The van der Waals surface area contributed by atoms with Crippen molar-refractivity contribution in [2.45, 2.75) is 59.7 Å². The predicted octanol–water partition coefficient (Wildman–Crippen LogP) is 2.61. The second kappa shape index (κ2) is 6.12. The Hall–Kier alpha value is -0.440. The van der Waals surface area contributed by atoms with Gasteiger partial charge in [-0.1, -0.05) is 0 Å². The fourth-order valence-electron chi connectivity index (χ4n) is 0.901. The molecule has 0 aromatic carbocycles. The van der Waals surface area contributed by atoms with Gasteiger partial charge < -0.3 is 5.32 Å². The van der Waals surface area contributed by atoms with E-state index >= 15 is 0 Å². The summed E-state index contributed by atoms with van der Waals surface area (Å²) in [6, 6.07) is 0.823. The highest BCUT2D eigenvalue weighted by molar-refractivity contribution is 6.22. The molecule has 1 N–H and O–H groups in total. The van der Waals surface area contributed by atoms with Crippen LogP contribution in [0.15, 0.2) is 4.99 Å². The molecule has 3 nitrogen and oxygen atoms in total. The van der Waals surface area contributed by atoms with Crippen LogP contribution in [-0.2, 0) is 0 Å². The minimum Gasteiger partial charge on any atom is -0.353 e. The molecule has 0 fully saturated rings. The third-order valence-electron chi connectivity index (χ3n) is 1.45. The van der Waals surface area contributed by atoms with E-state index in [0.717, 1.165) is 5.96 Å². The van der Waals surface area contributed by atoms with Crippen molar-refractivity contribution in [3.8, 4) is 0 Å². The summed E-state index contributed by atoms with van der Waals surface area (Å²) >= 11 is 6.11. The molecule has 0 amide bonds. The number of nitrogens with one attached hydrogen (secondary N) is 1. The lowest BCUT2D eigenvalue weighted by Gasteiger charge is -2.25. The maximum Gasteiger partial charge on any atom is 0.209 e. The zero-order valence-corrected chi connectivity index (χ0v) is 10.8. The molecule has 0 aliphatic rings. The van der Waals surface area contributed by atoms with Crippen LogP contribution in [0.25, 0.3) is 0 Å². The minimum atomic E-state index is 0.236. The van der Waals surface area contributed by atoms with Crippen molar-refractivity contribution in [1.29, 1.82) is 0 Å². The van der Waals surface area contributed by atoms with Crippen LogP contribution in [0, 0.1) is 0 Å². The van der Waals surface area contributed by atoms with Gasteiger partial charge in [0.05, 0.1) is 0 Å². The molecular weight excluding hydrogens is 198 g/mol. The molecule has 84 valence electrons. The van der Waals surface area contributed by atoms with Gasteiger partial charge in [-0.25, -0.2) is 4.99 Å². The summed E-state index contributed by atoms with van der Waals surface area (Å²) in [5, 5.41) is 3.24. The third kappa shape index (κ3) is 5.32. The van der Waals surface area contributed by atoms with Crippen LogP contribution in [-0.4, -0.2) is 28.5 Å². The van der Waals surface area contributed by atoms with Crippen LogP contribution in [0.4, 0.5) is 0 Å². The summed E-state index contributed by atoms with van der Waals surface area (Å²) in [5.41, 5.74) is 0. The zero-order valence-electron chi connectivity index (χ0n) is 10.0. The lowest BCUT2D eigenvalue weighted by molar-refractivity contribution is 0.500. The van der Waals surface area contributed by atoms with E-state index in [2.05, 4.69) is 24.2 Å². The van der Waals surface area contributed by atoms with E-state index in [1.54, 1.807) is 4.42 Å². The summed E-state index contributed by atoms with van der Waals surface area (Å²) in [6.07, 6.45) is 0. The van der Waals surface area contributed by atoms with Gasteiger partial charge in [0.1, 0.15) is 0 Å². The maximum atomic E-state index is 6.11. The van der Waals surface area contributed by atoms with E-state index in [9.17, 15) is 0 Å². The van der Waals surface area contributed by atoms with Gasteiger partial charge in [0, 0.05) is 29.9 Å². The molecule has 0 aromatic heterocycles. The van der Waals surface area contributed by atoms with Crippen LogP contribution >= 0.6 is 11.8 Å². The zero-order chi connectivity index (χ0) is 11.3. The van der Waals surface area contributed by atoms with Gasteiger partial charge in [0.2, 0.25) is 5.96 Å². The van der Waals surface area contributed by atoms with Crippen LogP contribution in [0.1, 0.15) is 41.5 Å². The second-order valence-electron chi connectivity index (χ2n) is 4.25. The highest BCUT2D eigenvalue weighted by Crippen LogP contribution is 2.05. The molecule has 4 heteroatoms. The van der Waals surface area contributed by atoms with E-state index in [1.807, 2.05) is 27.7 Å². The number of hydrogen-bond donors (Lipinski definition) is 1. The Morgan fingerprint density at radius 1 is 1.14 bits per heavy atom. The van der Waals surface area contributed by atoms with Crippen LogP contribution in [0.3, 0.4) is 0 Å². The van der Waals surface area contributed by atoms with Crippen molar-refractivity contribution in [3.05, 3.63) is 0 Å². The van der Waals surface area contributed by atoms with E-state index in [0.29, 0.717) is 6.04 Å². The molecule has 0 heterocycles. The van der Waals surface area contributed by atoms with Gasteiger partial charge in [0.15, 0.2) is 0 Å². The first-order valence-corrected chi connectivity index (χ1v) is 5.47. The summed E-state index contributed by atoms with van der Waals surface area (Å²) in [7, 11) is 0. The summed E-state index contributed by atoms with van der Waals surface area (Å²) < 4.78 is 1.64. The first-order valence-electron chi connectivity index (χ1n) is 5.14. The predicted molar refractivity (Wildman–Crippen MR) is 63.7 cm³/mol. The normalized spacial score (nSPS) is 12.9. The van der Waals surface area contributed by atoms with Gasteiger partial charge in [-0.3, -0.25) is 4.42 Å². The number of aliphatic imine (C=N–C) groups is 1. The standard InChI is InChI=1S/C10H22ClN3/c1-7(2)12-10(13-8(3)4)14(11)9(5)6/h7-9H,1-6H3,(H,12,13). The average molecular weight is 220 g/mol. The summed E-state index contributed by atoms with van der Waals surface area (Å²) in [5.74, 6) is 0.756. The topological polar surface area (TPSA) is 27.6 Å². The largest absolute Gasteiger partial charge is 0.353 e. The fraction of sp³-hybridized carbons (Fsp3) is 0.900. The monoisotopic (exact) mass is 219 g/mol. The first kappa shape index (κ1) is 13.6. The van der Waals surface area contributed by atoms with Crippen molar-refractivity contribution in [2.75, 3.05) is 0 Å². The average Bonchev–Trinajstić information content (AvgIpc) is 1.99. The molecule has 14 heavy (non-hydrogen) atoms. The van der Waals surface area contributed by atoms with Gasteiger partial charge in [0.25, 0.3) is 0 Å². The maximum absolute atomic E-state index is 6.11. The number of rotatable bonds is 3. The quantitative estimate of drug-likeness (QED) is 0.449. The molecule has 0 spiro atoms. The smallest absolute Gasteiger partial charge is 0.209 e. The Morgan fingerprint density at radius 3 is 1.93 bits per heavy atom. The van der Waals surface area contributed by atoms with Crippen molar-refractivity contribution in [1.82, 2.24) is 9.74 Å². The van der Waals surface area contributed by atoms with Crippen molar-refractivity contribution in [3.63, 3.8) is 0 Å². The van der Waals surface area contributed by atoms with Gasteiger partial charge in [-0.2, -0.15) is 0 Å². The first-order chi connectivity index (χ1) is 6.34. The Labute approximate surface area is 92.6 Å². The van der Waals surface area contributed by atoms with Crippen LogP contribution in [0.5, 0.6) is 0 Å². The number of guanidine groups is 1. The second-order valence-corrected chi connectivity index (χ2v) is 4.61. The molecule has 0 saturated heterocycles. The molecule has 0 bridgehead atoms. The number of halogens is 1. The van der Waals surface area contributed by atoms with Gasteiger partial charge in [-0.05, 0) is 41.5 Å². The Kier molecular flexibility index (Phi) is 5.93. The van der Waals surface area contributed by atoms with E-state index in [-0.39, 0.29) is 12.1 Å². The van der Waals surface area contributed by atoms with Crippen LogP contribution < -0.4 is 5.32 Å². The van der Waals surface area contributed by atoms with E-state index < -0.39 is 0 Å². The van der Waals surface area contributed by atoms with E-state index in [1.165, 1.54) is 0 Å². The van der Waals surface area contributed by atoms with Crippen molar-refractivity contribution >= 4 is 17.7 Å². The molecule has 0 saturated carbocycles. The Morgan fingerprint density at radius 2 is 1.64 bits per heavy atom. The minimum absolute atomic E-state index is 0.236. The summed E-state index contributed by atoms with van der Waals surface area (Å²) in [6.45, 7) is 12.3. The molecule has 0 unspecified atom stereocenters. The van der Waals surface area contributed by atoms with Gasteiger partial charge >= 0.3 is 0 Å². The molecule has 0 aliphatic carbocycles. The third-order valence-corrected chi connectivity index (χ3v) is 2.00. The molecule has 0 aliphatic heterocycles. The number of nitrogens with zero attached hydrogens (tertiary/aromatic N) is 2. The fourth-order valence-corrected chi connectivity index (χ4v) is 0.994. The molecule has 0 atom stereocenters. The lowest BCUT2D eigenvalue weighted by Crippen LogP contribution is -2.43. The molecular formula is C10H22ClN3. The SMILES string of the molecule is CC(C)N=C(NC(C)C)N(Cl)C(C)C. The van der Waals surface area contributed by atoms with E-state index in [4.69, 9.17) is 11.8 Å². The highest BCUT2D eigenvalue weighted by atomic mass is 35.5. The van der Waals surface area contributed by atoms with Crippen LogP contribution in [0.2, 0.25) is 0 Å². The molecule has 0 radical (unpaired) electrons.